The molecule has 0 spiro atoms. The molecule has 0 aromatic heterocycles. The molecule has 0 radical (unpaired) electrons. The second kappa shape index (κ2) is 6.38. The van der Waals surface area contributed by atoms with E-state index in [1.807, 2.05) is 31.2 Å². The Kier molecular flexibility index (Phi) is 5.12. The van der Waals surface area contributed by atoms with Crippen molar-refractivity contribution in [2.75, 3.05) is 13.7 Å². The number of carbonyl (C=O) groups excluding carboxylic acids is 1. The molecule has 0 fully saturated rings. The third-order valence-electron chi connectivity index (χ3n) is 2.10. The van der Waals surface area contributed by atoms with E-state index in [9.17, 15) is 4.79 Å². The van der Waals surface area contributed by atoms with Gasteiger partial charge in [-0.2, -0.15) is 0 Å². The normalized spacial score (nSPS) is 11.9. The van der Waals surface area contributed by atoms with Crippen LogP contribution in [-0.2, 0) is 11.2 Å². The topological polar surface area (TPSA) is 38.3 Å². The van der Waals surface area contributed by atoms with Crippen LogP contribution in [0.3, 0.4) is 0 Å². The van der Waals surface area contributed by atoms with E-state index in [1.165, 1.54) is 0 Å². The van der Waals surface area contributed by atoms with E-state index in [0.717, 1.165) is 11.3 Å². The molecule has 0 aliphatic heterocycles. The molecular formula is C12H16ClNO2. The molecule has 0 aliphatic rings. The first-order valence-electron chi connectivity index (χ1n) is 5.15. The Labute approximate surface area is 101 Å². The first-order valence-corrected chi connectivity index (χ1v) is 5.59. The van der Waals surface area contributed by atoms with Gasteiger partial charge in [-0.1, -0.05) is 12.1 Å². The van der Waals surface area contributed by atoms with Gasteiger partial charge in [-0.25, -0.2) is 0 Å². The molecular weight excluding hydrogens is 226 g/mol. The van der Waals surface area contributed by atoms with Gasteiger partial charge in [0.1, 0.15) is 5.75 Å². The maximum Gasteiger partial charge on any atom is 0.224 e. The number of halogens is 1. The van der Waals surface area contributed by atoms with Crippen LogP contribution in [0.5, 0.6) is 5.75 Å². The van der Waals surface area contributed by atoms with Gasteiger partial charge >= 0.3 is 0 Å². The highest BCUT2D eigenvalue weighted by atomic mass is 35.5. The zero-order chi connectivity index (χ0) is 12.0. The summed E-state index contributed by atoms with van der Waals surface area (Å²) >= 11 is 5.73. The van der Waals surface area contributed by atoms with Gasteiger partial charge in [-0.05, 0) is 24.6 Å². The molecule has 1 amide bonds. The van der Waals surface area contributed by atoms with Crippen LogP contribution >= 0.6 is 11.6 Å². The molecule has 1 unspecified atom stereocenters. The van der Waals surface area contributed by atoms with E-state index in [2.05, 4.69) is 5.32 Å². The van der Waals surface area contributed by atoms with Crippen LogP contribution in [0.2, 0.25) is 0 Å². The van der Waals surface area contributed by atoms with Gasteiger partial charge in [0.05, 0.1) is 13.5 Å². The highest BCUT2D eigenvalue weighted by molar-refractivity contribution is 6.20. The number of nitrogens with one attached hydrogen (secondary N) is 1. The standard InChI is InChI=1S/C12H16ClNO2/c1-9(13)8-14-12(15)7-10-3-5-11(16-2)6-4-10/h3-6,9H,7-8H2,1-2H3,(H,14,15). The fraction of sp³-hybridized carbons (Fsp3) is 0.417. The third-order valence-corrected chi connectivity index (χ3v) is 2.26. The summed E-state index contributed by atoms with van der Waals surface area (Å²) in [4.78, 5) is 11.5. The summed E-state index contributed by atoms with van der Waals surface area (Å²) in [5, 5.41) is 2.72. The molecule has 1 rings (SSSR count). The number of hydrogen-bond donors (Lipinski definition) is 1. The minimum absolute atomic E-state index is 0.0160. The molecule has 88 valence electrons. The minimum Gasteiger partial charge on any atom is -0.497 e. The Morgan fingerprint density at radius 1 is 1.44 bits per heavy atom. The van der Waals surface area contributed by atoms with E-state index >= 15 is 0 Å². The van der Waals surface area contributed by atoms with Crippen molar-refractivity contribution in [2.24, 2.45) is 0 Å². The van der Waals surface area contributed by atoms with E-state index in [-0.39, 0.29) is 11.3 Å². The SMILES string of the molecule is COc1ccc(CC(=O)NCC(C)Cl)cc1. The molecule has 1 N–H and O–H groups in total. The number of carbonyl (C=O) groups is 1. The van der Waals surface area contributed by atoms with Gasteiger partial charge in [0.15, 0.2) is 0 Å². The Morgan fingerprint density at radius 2 is 2.06 bits per heavy atom. The minimum atomic E-state index is -0.0418. The van der Waals surface area contributed by atoms with Crippen LogP contribution in [0, 0.1) is 0 Å². The monoisotopic (exact) mass is 241 g/mol. The fourth-order valence-electron chi connectivity index (χ4n) is 1.25. The van der Waals surface area contributed by atoms with Crippen LogP contribution in [0.15, 0.2) is 24.3 Å². The number of rotatable bonds is 5. The molecule has 3 nitrogen and oxygen atoms in total. The number of amides is 1. The van der Waals surface area contributed by atoms with Gasteiger partial charge in [-0.3, -0.25) is 4.79 Å². The Morgan fingerprint density at radius 3 is 2.56 bits per heavy atom. The van der Waals surface area contributed by atoms with E-state index in [4.69, 9.17) is 16.3 Å². The summed E-state index contributed by atoms with van der Waals surface area (Å²) in [6.45, 7) is 2.34. The number of hydrogen-bond acceptors (Lipinski definition) is 2. The second-order valence-corrected chi connectivity index (χ2v) is 4.35. The van der Waals surface area contributed by atoms with Crippen molar-refractivity contribution >= 4 is 17.5 Å². The number of alkyl halides is 1. The van der Waals surface area contributed by atoms with Gasteiger partial charge < -0.3 is 10.1 Å². The first-order chi connectivity index (χ1) is 7.61. The molecule has 0 saturated heterocycles. The molecule has 0 aliphatic carbocycles. The third kappa shape index (κ3) is 4.53. The van der Waals surface area contributed by atoms with Crippen LogP contribution in [0.4, 0.5) is 0 Å². The average molecular weight is 242 g/mol. The van der Waals surface area contributed by atoms with Crippen molar-refractivity contribution in [1.82, 2.24) is 5.32 Å². The van der Waals surface area contributed by atoms with Crippen LogP contribution in [0.1, 0.15) is 12.5 Å². The zero-order valence-electron chi connectivity index (χ0n) is 9.50. The summed E-state index contributed by atoms with van der Waals surface area (Å²) in [5.41, 5.74) is 0.959. The lowest BCUT2D eigenvalue weighted by atomic mass is 10.1. The van der Waals surface area contributed by atoms with Gasteiger partial charge in [0, 0.05) is 11.9 Å². The lowest BCUT2D eigenvalue weighted by molar-refractivity contribution is -0.120. The van der Waals surface area contributed by atoms with Crippen LogP contribution < -0.4 is 10.1 Å². The number of benzene rings is 1. The van der Waals surface area contributed by atoms with Crippen molar-refractivity contribution in [3.8, 4) is 5.75 Å². The van der Waals surface area contributed by atoms with Crippen molar-refractivity contribution in [3.63, 3.8) is 0 Å². The Hall–Kier alpha value is -1.22. The predicted molar refractivity (Wildman–Crippen MR) is 65.0 cm³/mol. The average Bonchev–Trinajstić information content (AvgIpc) is 2.27. The van der Waals surface area contributed by atoms with Crippen molar-refractivity contribution in [3.05, 3.63) is 29.8 Å². The van der Waals surface area contributed by atoms with E-state index in [1.54, 1.807) is 7.11 Å². The van der Waals surface area contributed by atoms with Crippen molar-refractivity contribution in [2.45, 2.75) is 18.7 Å². The molecule has 1 aromatic rings. The highest BCUT2D eigenvalue weighted by Gasteiger charge is 2.04. The van der Waals surface area contributed by atoms with E-state index in [0.29, 0.717) is 13.0 Å². The molecule has 4 heteroatoms. The quantitative estimate of drug-likeness (QED) is 0.801. The second-order valence-electron chi connectivity index (χ2n) is 3.61. The molecule has 1 aromatic carbocycles. The summed E-state index contributed by atoms with van der Waals surface area (Å²) in [6, 6.07) is 7.44. The predicted octanol–water partition coefficient (Wildman–Crippen LogP) is 1.98. The van der Waals surface area contributed by atoms with Gasteiger partial charge in [-0.15, -0.1) is 11.6 Å². The number of methoxy groups -OCH3 is 1. The van der Waals surface area contributed by atoms with Gasteiger partial charge in [0.2, 0.25) is 5.91 Å². The summed E-state index contributed by atoms with van der Waals surface area (Å²) in [7, 11) is 1.61. The van der Waals surface area contributed by atoms with Crippen molar-refractivity contribution in [1.29, 1.82) is 0 Å². The highest BCUT2D eigenvalue weighted by Crippen LogP contribution is 2.11. The maximum atomic E-state index is 11.5. The largest absolute Gasteiger partial charge is 0.497 e. The molecule has 0 saturated carbocycles. The molecule has 0 heterocycles. The first kappa shape index (κ1) is 12.8. The summed E-state index contributed by atoms with van der Waals surface area (Å²) in [6.07, 6.45) is 0.369. The Bertz CT molecular complexity index is 335. The van der Waals surface area contributed by atoms with Crippen molar-refractivity contribution < 1.29 is 9.53 Å². The summed E-state index contributed by atoms with van der Waals surface area (Å²) in [5.74, 6) is 0.774. The van der Waals surface area contributed by atoms with Crippen LogP contribution in [0.25, 0.3) is 0 Å². The fourth-order valence-corrected chi connectivity index (χ4v) is 1.32. The lowest BCUT2D eigenvalue weighted by Crippen LogP contribution is -2.29. The lowest BCUT2D eigenvalue weighted by Gasteiger charge is -2.06. The van der Waals surface area contributed by atoms with Crippen LogP contribution in [-0.4, -0.2) is 24.9 Å². The summed E-state index contributed by atoms with van der Waals surface area (Å²) < 4.78 is 5.04. The molecule has 0 bridgehead atoms. The molecule has 16 heavy (non-hydrogen) atoms. The Balaban J connectivity index is 2.43. The smallest absolute Gasteiger partial charge is 0.224 e. The number of ether oxygens (including phenoxy) is 1. The van der Waals surface area contributed by atoms with E-state index < -0.39 is 0 Å². The molecule has 1 atom stereocenters. The zero-order valence-corrected chi connectivity index (χ0v) is 10.3. The van der Waals surface area contributed by atoms with Gasteiger partial charge in [0.25, 0.3) is 0 Å². The maximum absolute atomic E-state index is 11.5.